The Morgan fingerprint density at radius 3 is 2.36 bits per heavy atom. The molecule has 8 nitrogen and oxygen atoms in total. The van der Waals surface area contributed by atoms with E-state index in [1.807, 2.05) is 18.2 Å². The molecule has 0 spiro atoms. The maximum atomic E-state index is 12.6. The second kappa shape index (κ2) is 8.39. The summed E-state index contributed by atoms with van der Waals surface area (Å²) in [6, 6.07) is 13.9. The molecule has 172 valence electrons. The summed E-state index contributed by atoms with van der Waals surface area (Å²) in [6.07, 6.45) is 0. The van der Waals surface area contributed by atoms with Crippen molar-refractivity contribution in [2.45, 2.75) is 6.54 Å². The molecule has 0 saturated carbocycles. The maximum absolute atomic E-state index is 12.6. The highest BCUT2D eigenvalue weighted by molar-refractivity contribution is 6.30. The predicted molar refractivity (Wildman–Crippen MR) is 118 cm³/mol. The highest BCUT2D eigenvalue weighted by Gasteiger charge is 2.48. The van der Waals surface area contributed by atoms with Gasteiger partial charge in [0.2, 0.25) is 0 Å². The molecule has 3 aromatic rings. The largest absolute Gasteiger partial charge is 1.00 e. The zero-order chi connectivity index (χ0) is 21.9. The van der Waals surface area contributed by atoms with Crippen LogP contribution in [-0.4, -0.2) is 65.2 Å². The Balaban J connectivity index is 0.00000228. The first kappa shape index (κ1) is 22.3. The molecule has 2 aromatic carbocycles. The molecule has 0 N–H and O–H groups in total. The third-order valence-corrected chi connectivity index (χ3v) is 6.48. The van der Waals surface area contributed by atoms with Crippen molar-refractivity contribution in [3.8, 4) is 5.75 Å². The van der Waals surface area contributed by atoms with E-state index in [4.69, 9.17) is 20.8 Å². The minimum atomic E-state index is -0.765. The highest BCUT2D eigenvalue weighted by atomic mass is 35.5. The van der Waals surface area contributed by atoms with Gasteiger partial charge >= 0.3 is 11.6 Å². The van der Waals surface area contributed by atoms with Gasteiger partial charge in [-0.1, -0.05) is 17.7 Å². The molecule has 10 heteroatoms. The first-order valence-electron chi connectivity index (χ1n) is 10.5. The first-order chi connectivity index (χ1) is 15.4. The van der Waals surface area contributed by atoms with E-state index in [0.29, 0.717) is 16.0 Å². The third-order valence-electron chi connectivity index (χ3n) is 6.24. The number of rotatable bonds is 4. The molecule has 0 radical (unpaired) electrons. The fourth-order valence-electron chi connectivity index (χ4n) is 5.30. The van der Waals surface area contributed by atoms with Crippen LogP contribution < -0.4 is 22.8 Å². The van der Waals surface area contributed by atoms with Gasteiger partial charge in [-0.15, -0.1) is 0 Å². The fourth-order valence-corrected chi connectivity index (χ4v) is 5.48. The van der Waals surface area contributed by atoms with E-state index in [2.05, 4.69) is 14.7 Å². The van der Waals surface area contributed by atoms with Gasteiger partial charge in [0.15, 0.2) is 0 Å². The quantitative estimate of drug-likeness (QED) is 0.216. The number of esters is 1. The molecule has 5 heterocycles. The lowest BCUT2D eigenvalue weighted by molar-refractivity contribution is -0.991. The second-order valence-electron chi connectivity index (χ2n) is 9.03. The zero-order valence-electron chi connectivity index (χ0n) is 17.7. The molecule has 7 rings (SSSR count). The number of halogens is 2. The average Bonchev–Trinajstić information content (AvgIpc) is 2.72. The van der Waals surface area contributed by atoms with Crippen LogP contribution in [0.5, 0.6) is 5.75 Å². The lowest BCUT2D eigenvalue weighted by Gasteiger charge is -2.60. The Morgan fingerprint density at radius 1 is 1.00 bits per heavy atom. The van der Waals surface area contributed by atoms with E-state index in [0.717, 1.165) is 56.6 Å². The molecule has 0 aliphatic carbocycles. The van der Waals surface area contributed by atoms with E-state index in [1.165, 1.54) is 6.07 Å². The Hall–Kier alpha value is -2.46. The summed E-state index contributed by atoms with van der Waals surface area (Å²) in [5.41, 5.74) is 0.739. The number of carbonyl (C=O) groups is 1. The number of ether oxygens (including phenoxy) is 1. The van der Waals surface area contributed by atoms with Gasteiger partial charge in [-0.25, -0.2) is 24.3 Å². The predicted octanol–water partition coefficient (Wildman–Crippen LogP) is -0.322. The van der Waals surface area contributed by atoms with Crippen LogP contribution in [0.4, 0.5) is 0 Å². The Morgan fingerprint density at radius 2 is 1.70 bits per heavy atom. The van der Waals surface area contributed by atoms with Gasteiger partial charge in [0.05, 0.1) is 20.0 Å². The topological polar surface area (TPSA) is 66.2 Å². The first-order valence-corrected chi connectivity index (χ1v) is 10.9. The summed E-state index contributed by atoms with van der Waals surface area (Å²) < 4.78 is 11.7. The highest BCUT2D eigenvalue weighted by Crippen LogP contribution is 2.31. The summed E-state index contributed by atoms with van der Waals surface area (Å²) in [6.45, 7) is 7.09. The van der Waals surface area contributed by atoms with Crippen molar-refractivity contribution in [3.05, 3.63) is 75.1 Å². The number of fused-ring (bicyclic) bond motifs is 1. The molecule has 1 aromatic heterocycles. The van der Waals surface area contributed by atoms with Crippen LogP contribution >= 0.6 is 11.6 Å². The fraction of sp³-hybridized carbons (Fsp3) is 0.304. The SMILES string of the molecule is O=C(Oc1cccc(Cl)c1)c1cc2cc(C[N+]34CN5CN(CN(C5)C3)C4)ccc2oc1=O.[Cl-]. The lowest BCUT2D eigenvalue weighted by Crippen LogP contribution is -3.00. The van der Waals surface area contributed by atoms with Crippen molar-refractivity contribution in [1.29, 1.82) is 0 Å². The van der Waals surface area contributed by atoms with Gasteiger partial charge in [-0.2, -0.15) is 0 Å². The molecule has 4 saturated heterocycles. The van der Waals surface area contributed by atoms with Gasteiger partial charge in [-0.3, -0.25) is 4.48 Å². The number of nitrogens with zero attached hydrogens (tertiary/aromatic N) is 4. The Bertz CT molecular complexity index is 1260. The monoisotopic (exact) mass is 488 g/mol. The van der Waals surface area contributed by atoms with Crippen LogP contribution in [0.1, 0.15) is 15.9 Å². The van der Waals surface area contributed by atoms with E-state index < -0.39 is 11.6 Å². The number of quaternary nitrogens is 1. The number of carbonyl (C=O) groups excluding carboxylic acids is 1. The van der Waals surface area contributed by atoms with Crippen LogP contribution in [-0.2, 0) is 6.54 Å². The van der Waals surface area contributed by atoms with Crippen molar-refractivity contribution in [2.24, 2.45) is 0 Å². The van der Waals surface area contributed by atoms with Crippen LogP contribution in [0.2, 0.25) is 5.02 Å². The summed E-state index contributed by atoms with van der Waals surface area (Å²) in [7, 11) is 0. The van der Waals surface area contributed by atoms with Crippen molar-refractivity contribution in [1.82, 2.24) is 14.7 Å². The van der Waals surface area contributed by atoms with Crippen LogP contribution in [0, 0.1) is 0 Å². The van der Waals surface area contributed by atoms with Gasteiger partial charge in [-0.05, 0) is 42.5 Å². The van der Waals surface area contributed by atoms with Gasteiger partial charge in [0, 0.05) is 16.0 Å². The number of benzene rings is 2. The molecule has 0 amide bonds. The molecule has 33 heavy (non-hydrogen) atoms. The number of hydrogen-bond donors (Lipinski definition) is 0. The van der Waals surface area contributed by atoms with Gasteiger partial charge in [0.25, 0.3) is 0 Å². The molecular weight excluding hydrogens is 467 g/mol. The Kier molecular flexibility index (Phi) is 5.68. The molecule has 4 fully saturated rings. The molecule has 0 unspecified atom stereocenters. The smallest absolute Gasteiger partial charge is 0.351 e. The normalized spacial score (nSPS) is 27.4. The summed E-state index contributed by atoms with van der Waals surface area (Å²) in [4.78, 5) is 32.4. The number of hydrogen-bond acceptors (Lipinski definition) is 7. The molecule has 4 aliphatic rings. The minimum absolute atomic E-state index is 0. The summed E-state index contributed by atoms with van der Waals surface area (Å²) in [5, 5.41) is 1.15. The zero-order valence-corrected chi connectivity index (χ0v) is 19.3. The van der Waals surface area contributed by atoms with Gasteiger partial charge < -0.3 is 21.6 Å². The average molecular weight is 489 g/mol. The van der Waals surface area contributed by atoms with Crippen molar-refractivity contribution in [2.75, 3.05) is 40.0 Å². The van der Waals surface area contributed by atoms with Crippen molar-refractivity contribution < 1.29 is 30.8 Å². The van der Waals surface area contributed by atoms with Crippen LogP contribution in [0.15, 0.2) is 57.7 Å². The van der Waals surface area contributed by atoms with E-state index in [-0.39, 0.29) is 23.7 Å². The summed E-state index contributed by atoms with van der Waals surface area (Å²) in [5.74, 6) is -0.492. The standard InChI is InChI=1S/C23H22ClN4O4.ClH/c24-18-2-1-3-19(8-18)31-22(29)20-7-17-6-16(4-5-21(17)32-23(20)30)9-28-13-25-10-26(14-28)12-27(11-25)15-28;/h1-8H,9-15H2;1H/q+1;/p-1. The molecule has 4 bridgehead atoms. The second-order valence-corrected chi connectivity index (χ2v) is 9.46. The van der Waals surface area contributed by atoms with Crippen molar-refractivity contribution in [3.63, 3.8) is 0 Å². The summed E-state index contributed by atoms with van der Waals surface area (Å²) >= 11 is 5.95. The van der Waals surface area contributed by atoms with E-state index >= 15 is 0 Å². The Labute approximate surface area is 201 Å². The minimum Gasteiger partial charge on any atom is -1.00 e. The third kappa shape index (κ3) is 4.26. The van der Waals surface area contributed by atoms with Crippen LogP contribution in [0.3, 0.4) is 0 Å². The van der Waals surface area contributed by atoms with Crippen LogP contribution in [0.25, 0.3) is 11.0 Å². The molecular formula is C23H22Cl2N4O4. The van der Waals surface area contributed by atoms with Crippen molar-refractivity contribution >= 4 is 28.5 Å². The van der Waals surface area contributed by atoms with E-state index in [1.54, 1.807) is 24.3 Å². The molecule has 4 aliphatic heterocycles. The van der Waals surface area contributed by atoms with E-state index in [9.17, 15) is 9.59 Å². The molecule has 0 atom stereocenters. The van der Waals surface area contributed by atoms with Gasteiger partial charge in [0.1, 0.15) is 43.4 Å². The maximum Gasteiger partial charge on any atom is 0.351 e. The lowest BCUT2D eigenvalue weighted by atomic mass is 10.1.